The summed E-state index contributed by atoms with van der Waals surface area (Å²) in [5.74, 6) is -3.25. The highest BCUT2D eigenvalue weighted by atomic mass is 19.4. The van der Waals surface area contributed by atoms with Gasteiger partial charge in [-0.2, -0.15) is 13.2 Å². The van der Waals surface area contributed by atoms with E-state index in [-0.39, 0.29) is 52.2 Å². The number of carbonyl (C=O) groups excluding carboxylic acids is 1. The van der Waals surface area contributed by atoms with Crippen molar-refractivity contribution in [2.75, 3.05) is 31.6 Å². The number of amides is 1. The van der Waals surface area contributed by atoms with E-state index in [2.05, 4.69) is 16.9 Å². The fourth-order valence-electron chi connectivity index (χ4n) is 4.49. The number of benzene rings is 1. The third-order valence-corrected chi connectivity index (χ3v) is 6.43. The number of hydrogen-bond donors (Lipinski definition) is 2. The Hall–Kier alpha value is -3.21. The van der Waals surface area contributed by atoms with Crippen molar-refractivity contribution in [2.24, 2.45) is 17.8 Å². The number of aromatic amines is 1. The van der Waals surface area contributed by atoms with E-state index in [1.54, 1.807) is 11.8 Å². The number of hydrogen-bond acceptors (Lipinski definition) is 3. The van der Waals surface area contributed by atoms with Crippen LogP contribution in [0.3, 0.4) is 0 Å². The van der Waals surface area contributed by atoms with Crippen LogP contribution in [-0.2, 0) is 9.53 Å². The number of likely N-dealkylation sites (tertiary alicyclic amines) is 1. The fourth-order valence-corrected chi connectivity index (χ4v) is 4.49. The highest BCUT2D eigenvalue weighted by Gasteiger charge is 2.56. The van der Waals surface area contributed by atoms with Gasteiger partial charge in [0.15, 0.2) is 11.6 Å². The summed E-state index contributed by atoms with van der Waals surface area (Å²) in [6.45, 7) is 4.92. The molecule has 1 aliphatic carbocycles. The van der Waals surface area contributed by atoms with Crippen molar-refractivity contribution < 1.29 is 35.9 Å². The maximum absolute atomic E-state index is 14.9. The third-order valence-electron chi connectivity index (χ3n) is 6.43. The molecule has 2 heterocycles. The predicted octanol–water partition coefficient (Wildman–Crippen LogP) is 5.45. The lowest BCUT2D eigenvalue weighted by molar-refractivity contribution is -0.175. The quantitative estimate of drug-likeness (QED) is 0.288. The summed E-state index contributed by atoms with van der Waals surface area (Å²) in [6, 6.07) is 1.92. The SMILES string of the molecule is C=C(/C(F)=C\C(=C/C)C(=O)Nc1c[nH]c2cc(F)c(F)cc12)N1C[C@@H]2C(COCC(F)(F)F)[C@@H]2C1. The summed E-state index contributed by atoms with van der Waals surface area (Å²) in [4.78, 5) is 17.1. The van der Waals surface area contributed by atoms with E-state index in [4.69, 9.17) is 4.74 Å². The summed E-state index contributed by atoms with van der Waals surface area (Å²) in [6.07, 6.45) is -0.566. The number of allylic oxidation sites excluding steroid dienone is 2. The molecule has 35 heavy (non-hydrogen) atoms. The molecule has 1 unspecified atom stereocenters. The molecule has 1 amide bonds. The topological polar surface area (TPSA) is 57.4 Å². The molecule has 1 saturated heterocycles. The van der Waals surface area contributed by atoms with Gasteiger partial charge in [0.1, 0.15) is 12.4 Å². The highest BCUT2D eigenvalue weighted by molar-refractivity contribution is 6.10. The van der Waals surface area contributed by atoms with E-state index in [0.717, 1.165) is 18.2 Å². The molecule has 1 aromatic carbocycles. The van der Waals surface area contributed by atoms with E-state index >= 15 is 0 Å². The Labute approximate surface area is 197 Å². The van der Waals surface area contributed by atoms with Gasteiger partial charge in [-0.05, 0) is 36.8 Å². The first-order valence-corrected chi connectivity index (χ1v) is 10.9. The monoisotopic (exact) mass is 499 g/mol. The number of rotatable bonds is 8. The zero-order valence-electron chi connectivity index (χ0n) is 18.7. The zero-order valence-corrected chi connectivity index (χ0v) is 18.7. The Kier molecular flexibility index (Phi) is 6.72. The molecule has 188 valence electrons. The van der Waals surface area contributed by atoms with Crippen molar-refractivity contribution in [3.63, 3.8) is 0 Å². The molecular weight excluding hydrogens is 476 g/mol. The van der Waals surface area contributed by atoms with Crippen LogP contribution in [0, 0.1) is 29.4 Å². The molecule has 3 atom stereocenters. The molecule has 5 nitrogen and oxygen atoms in total. The standard InChI is InChI=1S/C24H23F6N3O2/c1-3-13(23(34)32-22-7-31-21-6-20(27)19(26)5-14(21)22)4-18(25)12(2)33-8-15-16(9-33)17(15)10-35-11-24(28,29)30/h3-7,15-17,31H,2,8-11H2,1H3,(H,32,34)/b13-3+,18-4+/t15-,16+,17?. The first-order chi connectivity index (χ1) is 16.5. The van der Waals surface area contributed by atoms with E-state index in [1.165, 1.54) is 12.3 Å². The Morgan fingerprint density at radius 2 is 1.91 bits per heavy atom. The van der Waals surface area contributed by atoms with Crippen LogP contribution in [0.5, 0.6) is 0 Å². The second kappa shape index (κ2) is 9.44. The number of nitrogens with one attached hydrogen (secondary N) is 2. The minimum absolute atomic E-state index is 0.0108. The second-order valence-electron chi connectivity index (χ2n) is 8.68. The number of anilines is 1. The Bertz CT molecular complexity index is 1200. The minimum Gasteiger partial charge on any atom is -0.372 e. The predicted molar refractivity (Wildman–Crippen MR) is 118 cm³/mol. The number of nitrogens with zero attached hydrogens (tertiary/aromatic N) is 1. The van der Waals surface area contributed by atoms with Crippen molar-refractivity contribution in [1.29, 1.82) is 0 Å². The van der Waals surface area contributed by atoms with Gasteiger partial charge in [0, 0.05) is 36.3 Å². The molecule has 2 aromatic rings. The largest absolute Gasteiger partial charge is 0.411 e. The maximum atomic E-state index is 14.9. The van der Waals surface area contributed by atoms with Crippen molar-refractivity contribution in [2.45, 2.75) is 13.1 Å². The van der Waals surface area contributed by atoms with Crippen molar-refractivity contribution in [1.82, 2.24) is 9.88 Å². The van der Waals surface area contributed by atoms with Crippen LogP contribution in [0.2, 0.25) is 0 Å². The molecule has 0 bridgehead atoms. The highest BCUT2D eigenvalue weighted by Crippen LogP contribution is 2.53. The number of fused-ring (bicyclic) bond motifs is 2. The summed E-state index contributed by atoms with van der Waals surface area (Å²) in [5.41, 5.74) is 0.549. The lowest BCUT2D eigenvalue weighted by Gasteiger charge is -2.23. The lowest BCUT2D eigenvalue weighted by Crippen LogP contribution is -2.26. The number of aromatic nitrogens is 1. The number of alkyl halides is 3. The molecular formula is C24H23F6N3O2. The normalized spacial score (nSPS) is 22.5. The number of H-pyrrole nitrogens is 1. The molecule has 0 spiro atoms. The third kappa shape index (κ3) is 5.39. The average Bonchev–Trinajstić information content (AvgIpc) is 3.10. The number of ether oxygens (including phenoxy) is 1. The summed E-state index contributed by atoms with van der Waals surface area (Å²) >= 11 is 0. The van der Waals surface area contributed by atoms with Gasteiger partial charge < -0.3 is 19.9 Å². The van der Waals surface area contributed by atoms with Crippen LogP contribution in [0.4, 0.5) is 32.0 Å². The van der Waals surface area contributed by atoms with Crippen LogP contribution in [0.1, 0.15) is 6.92 Å². The molecule has 1 saturated carbocycles. The van der Waals surface area contributed by atoms with Crippen LogP contribution in [0.15, 0.2) is 54.2 Å². The van der Waals surface area contributed by atoms with E-state index in [0.29, 0.717) is 13.1 Å². The Balaban J connectivity index is 1.34. The van der Waals surface area contributed by atoms with Crippen molar-refractivity contribution in [3.05, 3.63) is 65.8 Å². The minimum atomic E-state index is -4.36. The average molecular weight is 499 g/mol. The van der Waals surface area contributed by atoms with E-state index in [1.807, 2.05) is 0 Å². The van der Waals surface area contributed by atoms with Crippen molar-refractivity contribution >= 4 is 22.5 Å². The molecule has 2 aliphatic rings. The first-order valence-electron chi connectivity index (χ1n) is 10.9. The molecule has 1 aromatic heterocycles. The van der Waals surface area contributed by atoms with Gasteiger partial charge in [0.05, 0.1) is 23.5 Å². The van der Waals surface area contributed by atoms with Gasteiger partial charge in [0.25, 0.3) is 5.91 Å². The first kappa shape index (κ1) is 24.9. The number of halogens is 6. The number of carbonyl (C=O) groups is 1. The van der Waals surface area contributed by atoms with Crippen LogP contribution in [-0.4, -0.2) is 48.3 Å². The molecule has 4 rings (SSSR count). The summed E-state index contributed by atoms with van der Waals surface area (Å²) < 4.78 is 83.3. The van der Waals surface area contributed by atoms with Crippen LogP contribution in [0.25, 0.3) is 10.9 Å². The van der Waals surface area contributed by atoms with Gasteiger partial charge in [-0.3, -0.25) is 4.79 Å². The lowest BCUT2D eigenvalue weighted by atomic mass is 10.1. The molecule has 0 radical (unpaired) electrons. The van der Waals surface area contributed by atoms with E-state index < -0.39 is 36.2 Å². The van der Waals surface area contributed by atoms with Gasteiger partial charge in [-0.15, -0.1) is 0 Å². The van der Waals surface area contributed by atoms with Gasteiger partial charge in [-0.25, -0.2) is 13.2 Å². The fraction of sp³-hybridized carbons (Fsp3) is 0.375. The zero-order chi connectivity index (χ0) is 25.5. The molecule has 2 fully saturated rings. The maximum Gasteiger partial charge on any atom is 0.411 e. The van der Waals surface area contributed by atoms with Gasteiger partial charge >= 0.3 is 6.18 Å². The van der Waals surface area contributed by atoms with Crippen LogP contribution < -0.4 is 5.32 Å². The second-order valence-corrected chi connectivity index (χ2v) is 8.68. The molecule has 2 N–H and O–H groups in total. The Morgan fingerprint density at radius 3 is 2.54 bits per heavy atom. The van der Waals surface area contributed by atoms with Crippen LogP contribution >= 0.6 is 0 Å². The van der Waals surface area contributed by atoms with E-state index in [9.17, 15) is 31.1 Å². The molecule has 11 heteroatoms. The molecule has 1 aliphatic heterocycles. The number of piperidine rings is 1. The van der Waals surface area contributed by atoms with Crippen molar-refractivity contribution in [3.8, 4) is 0 Å². The summed E-state index contributed by atoms with van der Waals surface area (Å²) in [7, 11) is 0. The van der Waals surface area contributed by atoms with Gasteiger partial charge in [0.2, 0.25) is 0 Å². The van der Waals surface area contributed by atoms with Gasteiger partial charge in [-0.1, -0.05) is 12.7 Å². The smallest absolute Gasteiger partial charge is 0.372 e. The summed E-state index contributed by atoms with van der Waals surface area (Å²) in [5, 5.41) is 2.81. The Morgan fingerprint density at radius 1 is 1.26 bits per heavy atom.